The summed E-state index contributed by atoms with van der Waals surface area (Å²) in [6.07, 6.45) is 5.70. The number of carbonyl (C=O) groups is 2. The molecule has 3 N–H and O–H groups in total. The van der Waals surface area contributed by atoms with Crippen molar-refractivity contribution in [2.75, 3.05) is 56.1 Å². The molecule has 0 saturated carbocycles. The van der Waals surface area contributed by atoms with Crippen molar-refractivity contribution in [3.63, 3.8) is 0 Å². The first kappa shape index (κ1) is 31.6. The predicted molar refractivity (Wildman–Crippen MR) is 165 cm³/mol. The molecule has 2 aliphatic rings. The Hall–Kier alpha value is -3.83. The maximum absolute atomic E-state index is 14.9. The second kappa shape index (κ2) is 14.3. The number of piperidine rings is 1. The van der Waals surface area contributed by atoms with Crippen LogP contribution in [0.25, 0.3) is 0 Å². The van der Waals surface area contributed by atoms with Gasteiger partial charge in [-0.15, -0.1) is 0 Å². The molecule has 1 unspecified atom stereocenters. The lowest BCUT2D eigenvalue weighted by atomic mass is 9.88. The van der Waals surface area contributed by atoms with Crippen LogP contribution in [0, 0.1) is 30.4 Å². The van der Waals surface area contributed by atoms with Crippen molar-refractivity contribution in [1.29, 1.82) is 0 Å². The number of likely N-dealkylation sites (tertiary alicyclic amines) is 1. The summed E-state index contributed by atoms with van der Waals surface area (Å²) < 4.78 is 35.7. The van der Waals surface area contributed by atoms with Gasteiger partial charge in [0.1, 0.15) is 11.6 Å². The number of hydrogen-bond donors (Lipinski definition) is 2. The lowest BCUT2D eigenvalue weighted by Gasteiger charge is -2.34. The number of aryl methyl sites for hydroxylation is 1. The van der Waals surface area contributed by atoms with E-state index in [1.165, 1.54) is 12.1 Å². The number of carbonyl (C=O) groups excluding carboxylic acids is 2. The van der Waals surface area contributed by atoms with Crippen molar-refractivity contribution in [2.45, 2.75) is 45.6 Å². The molecule has 2 aliphatic heterocycles. The van der Waals surface area contributed by atoms with Crippen LogP contribution in [-0.2, 0) is 20.9 Å². The molecule has 2 aromatic carbocycles. The zero-order chi connectivity index (χ0) is 31.2. The maximum Gasteiger partial charge on any atom is 0.309 e. The second-order valence-corrected chi connectivity index (χ2v) is 11.8. The van der Waals surface area contributed by atoms with Crippen molar-refractivity contribution >= 4 is 23.5 Å². The van der Waals surface area contributed by atoms with Gasteiger partial charge >= 0.3 is 5.97 Å². The summed E-state index contributed by atoms with van der Waals surface area (Å²) in [7, 11) is 0. The molecule has 44 heavy (non-hydrogen) atoms. The van der Waals surface area contributed by atoms with Gasteiger partial charge in [-0.1, -0.05) is 18.2 Å². The van der Waals surface area contributed by atoms with E-state index in [-0.39, 0.29) is 17.8 Å². The van der Waals surface area contributed by atoms with Crippen LogP contribution < -0.4 is 16.0 Å². The molecule has 9 nitrogen and oxygen atoms in total. The third-order valence-corrected chi connectivity index (χ3v) is 8.76. The summed E-state index contributed by atoms with van der Waals surface area (Å²) in [6, 6.07) is 9.87. The smallest absolute Gasteiger partial charge is 0.309 e. The Morgan fingerprint density at radius 2 is 1.91 bits per heavy atom. The number of nitrogens with zero attached hydrogens (tertiary/aromatic N) is 4. The molecule has 0 spiro atoms. The molecule has 0 bridgehead atoms. The zero-order valence-electron chi connectivity index (χ0n) is 25.5. The van der Waals surface area contributed by atoms with Crippen molar-refractivity contribution in [3.05, 3.63) is 77.1 Å². The van der Waals surface area contributed by atoms with Crippen molar-refractivity contribution in [1.82, 2.24) is 14.5 Å². The van der Waals surface area contributed by atoms with Gasteiger partial charge in [0.05, 0.1) is 25.0 Å². The lowest BCUT2D eigenvalue weighted by Crippen LogP contribution is -2.37. The standard InChI is InChI=1S/C33H42F2N6O3/c1-3-44-32(43)23-9-14-40(15-10-23)30-17-22(2)5-6-24(30)19-41-16-12-37-33(41)38-31(42)28-21-39(13-4-11-36)20-27(28)26-8-7-25(34)18-29(26)35/h5-8,12,16-18,23,27-28H,3-4,9-11,13-15,19-21,36H2,1-2H3,(H,37,38,42)/t27-,28?/m0/s1. The molecule has 1 aromatic heterocycles. The molecule has 3 aromatic rings. The normalized spacial score (nSPS) is 19.3. The maximum atomic E-state index is 14.9. The van der Waals surface area contributed by atoms with Crippen LogP contribution in [0.2, 0.25) is 0 Å². The Morgan fingerprint density at radius 1 is 1.11 bits per heavy atom. The van der Waals surface area contributed by atoms with Gasteiger partial charge < -0.3 is 24.8 Å². The number of hydrogen-bond acceptors (Lipinski definition) is 7. The van der Waals surface area contributed by atoms with E-state index in [2.05, 4.69) is 45.2 Å². The highest BCUT2D eigenvalue weighted by molar-refractivity contribution is 5.92. The second-order valence-electron chi connectivity index (χ2n) is 11.8. The van der Waals surface area contributed by atoms with E-state index in [1.54, 1.807) is 6.20 Å². The fourth-order valence-electron chi connectivity index (χ4n) is 6.43. The van der Waals surface area contributed by atoms with E-state index in [9.17, 15) is 18.4 Å². The van der Waals surface area contributed by atoms with E-state index < -0.39 is 23.5 Å². The molecule has 5 rings (SSSR count). The summed E-state index contributed by atoms with van der Waals surface area (Å²) in [5.41, 5.74) is 9.34. The molecule has 2 saturated heterocycles. The summed E-state index contributed by atoms with van der Waals surface area (Å²) >= 11 is 0. The number of benzene rings is 2. The van der Waals surface area contributed by atoms with Gasteiger partial charge in [-0.05, 0) is 75.0 Å². The number of nitrogens with one attached hydrogen (secondary N) is 1. The van der Waals surface area contributed by atoms with Crippen molar-refractivity contribution < 1.29 is 23.1 Å². The van der Waals surface area contributed by atoms with Gasteiger partial charge in [-0.25, -0.2) is 13.8 Å². The molecular weight excluding hydrogens is 566 g/mol. The highest BCUT2D eigenvalue weighted by Gasteiger charge is 2.40. The first-order valence-corrected chi connectivity index (χ1v) is 15.5. The first-order chi connectivity index (χ1) is 21.3. The van der Waals surface area contributed by atoms with Gasteiger partial charge in [0.25, 0.3) is 0 Å². The zero-order valence-corrected chi connectivity index (χ0v) is 25.5. The Morgan fingerprint density at radius 3 is 2.64 bits per heavy atom. The Balaban J connectivity index is 1.31. The number of halogens is 2. The van der Waals surface area contributed by atoms with Crippen LogP contribution >= 0.6 is 0 Å². The molecule has 3 heterocycles. The number of imidazole rings is 1. The minimum absolute atomic E-state index is 0.0797. The van der Waals surface area contributed by atoms with Crippen molar-refractivity contribution in [2.24, 2.45) is 17.6 Å². The lowest BCUT2D eigenvalue weighted by molar-refractivity contribution is -0.148. The largest absolute Gasteiger partial charge is 0.466 e. The van der Waals surface area contributed by atoms with E-state index in [0.717, 1.165) is 55.2 Å². The number of esters is 1. The van der Waals surface area contributed by atoms with E-state index in [1.807, 2.05) is 17.7 Å². The average Bonchev–Trinajstić information content (AvgIpc) is 3.64. The Kier molecular flexibility index (Phi) is 10.3. The van der Waals surface area contributed by atoms with Crippen LogP contribution in [0.1, 0.15) is 48.8 Å². The molecule has 0 radical (unpaired) electrons. The fraction of sp³-hybridized carbons (Fsp3) is 0.485. The molecule has 236 valence electrons. The third-order valence-electron chi connectivity index (χ3n) is 8.76. The number of rotatable bonds is 11. The van der Waals surface area contributed by atoms with Gasteiger partial charge in [-0.3, -0.25) is 14.9 Å². The molecule has 0 aliphatic carbocycles. The van der Waals surface area contributed by atoms with E-state index in [4.69, 9.17) is 10.5 Å². The highest BCUT2D eigenvalue weighted by atomic mass is 19.1. The molecular formula is C33H42F2N6O3. The van der Waals surface area contributed by atoms with E-state index >= 15 is 0 Å². The van der Waals surface area contributed by atoms with Crippen molar-refractivity contribution in [3.8, 4) is 0 Å². The predicted octanol–water partition coefficient (Wildman–Crippen LogP) is 4.30. The molecule has 1 amide bonds. The molecule has 11 heteroatoms. The SMILES string of the molecule is CCOC(=O)C1CCN(c2cc(C)ccc2Cn2ccnc2NC(=O)C2CN(CCCN)C[C@H]2c2ccc(F)cc2F)CC1. The topological polar surface area (TPSA) is 106 Å². The number of aromatic nitrogens is 2. The number of ether oxygens (including phenoxy) is 1. The van der Waals surface area contributed by atoms with Gasteiger partial charge in [-0.2, -0.15) is 0 Å². The van der Waals surface area contributed by atoms with E-state index in [0.29, 0.717) is 50.8 Å². The average molecular weight is 609 g/mol. The number of anilines is 2. The summed E-state index contributed by atoms with van der Waals surface area (Å²) in [5.74, 6) is -2.33. The number of amides is 1. The minimum atomic E-state index is -0.647. The fourth-order valence-corrected chi connectivity index (χ4v) is 6.43. The van der Waals surface area contributed by atoms with Gasteiger partial charge in [0.2, 0.25) is 11.9 Å². The molecule has 2 fully saturated rings. The Labute approximate surface area is 257 Å². The molecule has 2 atom stereocenters. The summed E-state index contributed by atoms with van der Waals surface area (Å²) in [4.78, 5) is 34.9. The highest BCUT2D eigenvalue weighted by Crippen LogP contribution is 2.35. The summed E-state index contributed by atoms with van der Waals surface area (Å²) in [5, 5.41) is 3.00. The van der Waals surface area contributed by atoms with Crippen LogP contribution in [0.3, 0.4) is 0 Å². The van der Waals surface area contributed by atoms with Gasteiger partial charge in [0, 0.05) is 56.2 Å². The van der Waals surface area contributed by atoms with Crippen LogP contribution in [0.15, 0.2) is 48.8 Å². The third kappa shape index (κ3) is 7.27. The van der Waals surface area contributed by atoms with Gasteiger partial charge in [0.15, 0.2) is 0 Å². The summed E-state index contributed by atoms with van der Waals surface area (Å²) in [6.45, 7) is 8.38. The Bertz CT molecular complexity index is 1460. The van der Waals surface area contributed by atoms with Crippen LogP contribution in [0.5, 0.6) is 0 Å². The first-order valence-electron chi connectivity index (χ1n) is 15.5. The van der Waals surface area contributed by atoms with Crippen LogP contribution in [-0.4, -0.2) is 72.2 Å². The quantitative estimate of drug-likeness (QED) is 0.313. The van der Waals surface area contributed by atoms with Crippen LogP contribution in [0.4, 0.5) is 20.4 Å². The number of nitrogens with two attached hydrogens (primary N) is 1. The monoisotopic (exact) mass is 608 g/mol. The minimum Gasteiger partial charge on any atom is -0.466 e.